The Morgan fingerprint density at radius 3 is 2.53 bits per heavy atom. The topological polar surface area (TPSA) is 149 Å². The maximum Gasteiger partial charge on any atom is 0.217 e. The normalized spacial score (nSPS) is 14.4. The highest BCUT2D eigenvalue weighted by Gasteiger charge is 2.24. The van der Waals surface area contributed by atoms with E-state index in [9.17, 15) is 20.3 Å². The Morgan fingerprint density at radius 2 is 1.78 bits per heavy atom. The van der Waals surface area contributed by atoms with Gasteiger partial charge < -0.3 is 40.0 Å². The zero-order chi connectivity index (χ0) is 39.5. The second-order valence-electron chi connectivity index (χ2n) is 13.9. The first-order valence-electron chi connectivity index (χ1n) is 18.0. The number of carbonyl (C=O) groups excluding carboxylic acids is 1. The monoisotopic (exact) mass is 809 g/mol. The molecule has 292 valence electrons. The van der Waals surface area contributed by atoms with Crippen molar-refractivity contribution in [3.63, 3.8) is 0 Å². The molecule has 1 aliphatic rings. The number of aliphatic hydroxyl groups is 2. The number of likely N-dealkylation sites (tertiary alicyclic amines) is 1. The Morgan fingerprint density at radius 1 is 1.00 bits per heavy atom. The van der Waals surface area contributed by atoms with Crippen molar-refractivity contribution in [2.24, 2.45) is 0 Å². The quantitative estimate of drug-likeness (QED) is 0.0786. The molecule has 3 aromatic carbocycles. The minimum absolute atomic E-state index is 0.00534. The summed E-state index contributed by atoms with van der Waals surface area (Å²) in [6.45, 7) is 8.27. The summed E-state index contributed by atoms with van der Waals surface area (Å²) in [6.07, 6.45) is 4.89. The number of hydrogen-bond donors (Lipinski definition) is 4. The van der Waals surface area contributed by atoms with Crippen LogP contribution in [0.1, 0.15) is 54.5 Å². The summed E-state index contributed by atoms with van der Waals surface area (Å²) in [4.78, 5) is 17.9. The molecule has 1 fully saturated rings. The first-order valence-corrected chi connectivity index (χ1v) is 19.1. The van der Waals surface area contributed by atoms with Crippen molar-refractivity contribution >= 4 is 40.7 Å². The number of rotatable bonds is 18. The van der Waals surface area contributed by atoms with Gasteiger partial charge in [-0.3, -0.25) is 9.78 Å². The van der Waals surface area contributed by atoms with Gasteiger partial charge in [-0.2, -0.15) is 5.26 Å². The lowest BCUT2D eigenvalue weighted by molar-refractivity contribution is -0.119. The molecule has 1 amide bonds. The lowest BCUT2D eigenvalue weighted by atomic mass is 9.98. The van der Waals surface area contributed by atoms with E-state index in [0.29, 0.717) is 61.0 Å². The second kappa shape index (κ2) is 19.6. The molecule has 4 aromatic rings. The fourth-order valence-corrected chi connectivity index (χ4v) is 7.15. The average molecular weight is 811 g/mol. The Balaban J connectivity index is 1.30. The van der Waals surface area contributed by atoms with E-state index in [1.54, 1.807) is 44.3 Å². The van der Waals surface area contributed by atoms with Crippen molar-refractivity contribution < 1.29 is 29.2 Å². The number of benzene rings is 3. The number of nitrogens with one attached hydrogen (secondary N) is 2. The summed E-state index contributed by atoms with van der Waals surface area (Å²) >= 11 is 20.6. The largest absolute Gasteiger partial charge is 0.493 e. The van der Waals surface area contributed by atoms with Gasteiger partial charge in [0.05, 0.1) is 41.0 Å². The molecule has 0 saturated carbocycles. The number of aromatic nitrogens is 1. The SMILES string of the molecule is CC(=O)NC1CCN(CCCOc2cccc(-c3c(Cl)ccc(COc4cc(OCc5cncc(C#N)c5)c(CNC(C)(CO)CO)cc4Cl)c3Cl)c2C)C1. The number of nitrogens with zero attached hydrogens (tertiary/aromatic N) is 3. The standard InChI is InChI=1S/C41H46Cl3N5O6/c1-26-33(6-4-7-36(26)53-13-5-11-49-12-10-32(21-49)48-27(2)52)39-34(42)9-8-30(40(39)44)23-55-38-16-37(54-22-29-14-28(17-45)18-46-19-29)31(15-35(38)43)20-47-41(3,24-50)25-51/h4,6-9,14-16,18-19,32,47,50-51H,5,10-13,20-25H2,1-3H3,(H,48,52). The molecule has 0 aliphatic carbocycles. The van der Waals surface area contributed by atoms with Crippen molar-refractivity contribution in [1.29, 1.82) is 5.26 Å². The minimum Gasteiger partial charge on any atom is -0.493 e. The molecule has 4 N–H and O–H groups in total. The van der Waals surface area contributed by atoms with E-state index in [1.807, 2.05) is 31.2 Å². The molecule has 14 heteroatoms. The van der Waals surface area contributed by atoms with Crippen LogP contribution in [0.4, 0.5) is 0 Å². The number of amides is 1. The van der Waals surface area contributed by atoms with E-state index in [1.165, 1.54) is 6.20 Å². The molecule has 1 saturated heterocycles. The molecule has 0 bridgehead atoms. The third kappa shape index (κ3) is 11.2. The van der Waals surface area contributed by atoms with Crippen molar-refractivity contribution in [1.82, 2.24) is 20.5 Å². The molecule has 1 atom stereocenters. The molecule has 2 heterocycles. The van der Waals surface area contributed by atoms with Gasteiger partial charge >= 0.3 is 0 Å². The van der Waals surface area contributed by atoms with Gasteiger partial charge in [0.2, 0.25) is 5.91 Å². The predicted molar refractivity (Wildman–Crippen MR) is 214 cm³/mol. The predicted octanol–water partition coefficient (Wildman–Crippen LogP) is 6.86. The van der Waals surface area contributed by atoms with E-state index in [0.717, 1.165) is 49.4 Å². The van der Waals surface area contributed by atoms with Crippen molar-refractivity contribution in [3.05, 3.63) is 104 Å². The molecule has 11 nitrogen and oxygen atoms in total. The molecule has 55 heavy (non-hydrogen) atoms. The van der Waals surface area contributed by atoms with E-state index in [-0.39, 0.29) is 44.9 Å². The van der Waals surface area contributed by atoms with Crippen LogP contribution >= 0.6 is 34.8 Å². The van der Waals surface area contributed by atoms with Crippen LogP contribution in [-0.4, -0.2) is 77.0 Å². The van der Waals surface area contributed by atoms with Crippen LogP contribution in [0.3, 0.4) is 0 Å². The van der Waals surface area contributed by atoms with Gasteiger partial charge in [-0.05, 0) is 62.1 Å². The van der Waals surface area contributed by atoms with Gasteiger partial charge in [0, 0.05) is 84.9 Å². The van der Waals surface area contributed by atoms with Crippen LogP contribution in [0.25, 0.3) is 11.1 Å². The van der Waals surface area contributed by atoms with E-state index in [2.05, 4.69) is 26.6 Å². The fourth-order valence-electron chi connectivity index (χ4n) is 6.28. The summed E-state index contributed by atoms with van der Waals surface area (Å²) in [5.41, 5.74) is 3.90. The maximum atomic E-state index is 11.4. The van der Waals surface area contributed by atoms with Crippen LogP contribution in [0.5, 0.6) is 17.2 Å². The first-order chi connectivity index (χ1) is 26.4. The Hall–Kier alpha value is -4.12. The van der Waals surface area contributed by atoms with Gasteiger partial charge in [0.1, 0.15) is 36.5 Å². The number of halogens is 3. The van der Waals surface area contributed by atoms with Crippen LogP contribution in [0, 0.1) is 18.3 Å². The molecule has 5 rings (SSSR count). The number of nitriles is 1. The van der Waals surface area contributed by atoms with Crippen LogP contribution in [-0.2, 0) is 24.6 Å². The molecular weight excluding hydrogens is 765 g/mol. The number of ether oxygens (including phenoxy) is 3. The van der Waals surface area contributed by atoms with Crippen molar-refractivity contribution in [2.45, 2.75) is 65.0 Å². The summed E-state index contributed by atoms with van der Waals surface area (Å²) in [5, 5.41) is 36.3. The zero-order valence-electron chi connectivity index (χ0n) is 31.1. The summed E-state index contributed by atoms with van der Waals surface area (Å²) in [7, 11) is 0. The molecule has 0 radical (unpaired) electrons. The van der Waals surface area contributed by atoms with Gasteiger partial charge in [0.25, 0.3) is 0 Å². The van der Waals surface area contributed by atoms with Gasteiger partial charge in [-0.1, -0.05) is 53.0 Å². The second-order valence-corrected chi connectivity index (χ2v) is 15.1. The third-order valence-electron chi connectivity index (χ3n) is 9.50. The molecule has 1 aliphatic heterocycles. The summed E-state index contributed by atoms with van der Waals surface area (Å²) in [6, 6.07) is 16.8. The van der Waals surface area contributed by atoms with E-state index >= 15 is 0 Å². The van der Waals surface area contributed by atoms with Crippen LogP contribution < -0.4 is 24.8 Å². The number of pyridine rings is 1. The third-order valence-corrected chi connectivity index (χ3v) is 10.5. The fraction of sp³-hybridized carbons (Fsp3) is 0.390. The summed E-state index contributed by atoms with van der Waals surface area (Å²) in [5.74, 6) is 1.53. The Labute approximate surface area is 337 Å². The Bertz CT molecular complexity index is 2000. The smallest absolute Gasteiger partial charge is 0.217 e. The number of aliphatic hydroxyl groups excluding tert-OH is 2. The van der Waals surface area contributed by atoms with Crippen molar-refractivity contribution in [2.75, 3.05) is 39.5 Å². The highest BCUT2D eigenvalue weighted by Crippen LogP contribution is 2.42. The summed E-state index contributed by atoms with van der Waals surface area (Å²) < 4.78 is 18.7. The first kappa shape index (κ1) is 42.0. The molecule has 1 aromatic heterocycles. The highest BCUT2D eigenvalue weighted by molar-refractivity contribution is 6.39. The van der Waals surface area contributed by atoms with E-state index in [4.69, 9.17) is 49.0 Å². The molecule has 0 spiro atoms. The average Bonchev–Trinajstić information content (AvgIpc) is 3.62. The Kier molecular flexibility index (Phi) is 15.0. The van der Waals surface area contributed by atoms with Crippen LogP contribution in [0.2, 0.25) is 15.1 Å². The lowest BCUT2D eigenvalue weighted by Crippen LogP contribution is -2.48. The molecule has 1 unspecified atom stereocenters. The lowest BCUT2D eigenvalue weighted by Gasteiger charge is -2.27. The van der Waals surface area contributed by atoms with E-state index < -0.39 is 5.54 Å². The number of carbonyl (C=O) groups is 1. The maximum absolute atomic E-state index is 11.4. The van der Waals surface area contributed by atoms with Gasteiger partial charge in [-0.25, -0.2) is 0 Å². The van der Waals surface area contributed by atoms with Crippen molar-refractivity contribution in [3.8, 4) is 34.4 Å². The number of hydrogen-bond acceptors (Lipinski definition) is 10. The highest BCUT2D eigenvalue weighted by atomic mass is 35.5. The van der Waals surface area contributed by atoms with Crippen LogP contribution in [0.15, 0.2) is 60.9 Å². The zero-order valence-corrected chi connectivity index (χ0v) is 33.4. The minimum atomic E-state index is -0.939. The van der Waals surface area contributed by atoms with Gasteiger partial charge in [-0.15, -0.1) is 0 Å². The van der Waals surface area contributed by atoms with Gasteiger partial charge in [0.15, 0.2) is 0 Å². The molecular formula is C41H46Cl3N5O6.